The molecule has 2 amide bonds. The Morgan fingerprint density at radius 1 is 1.24 bits per heavy atom. The van der Waals surface area contributed by atoms with Gasteiger partial charge in [-0.25, -0.2) is 0 Å². The molecule has 0 aliphatic rings. The third kappa shape index (κ3) is 5.08. The van der Waals surface area contributed by atoms with Crippen molar-refractivity contribution in [1.29, 1.82) is 0 Å². The molecule has 0 saturated heterocycles. The van der Waals surface area contributed by atoms with E-state index in [9.17, 15) is 9.59 Å². The van der Waals surface area contributed by atoms with Gasteiger partial charge >= 0.3 is 0 Å². The molecule has 0 aliphatic carbocycles. The second kappa shape index (κ2) is 8.70. The number of likely N-dealkylation sites (N-methyl/N-ethyl adjacent to an activating group) is 1. The number of carbonyl (C=O) groups excluding carboxylic acids is 2. The van der Waals surface area contributed by atoms with Gasteiger partial charge in [0.2, 0.25) is 11.8 Å². The fourth-order valence-electron chi connectivity index (χ4n) is 2.75. The zero-order chi connectivity index (χ0) is 18.4. The Bertz CT molecular complexity index is 734. The molecule has 1 aromatic carbocycles. The van der Waals surface area contributed by atoms with E-state index in [2.05, 4.69) is 19.2 Å². The fraction of sp³-hybridized carbons (Fsp3) is 0.500. The topological polar surface area (TPSA) is 62.6 Å². The van der Waals surface area contributed by atoms with Crippen LogP contribution in [0.15, 0.2) is 28.7 Å². The van der Waals surface area contributed by atoms with E-state index in [1.54, 1.807) is 11.9 Å². The summed E-state index contributed by atoms with van der Waals surface area (Å²) < 4.78 is 5.87. The molecule has 25 heavy (non-hydrogen) atoms. The lowest BCUT2D eigenvalue weighted by atomic mass is 10.1. The summed E-state index contributed by atoms with van der Waals surface area (Å²) in [4.78, 5) is 25.7. The molecule has 136 valence electrons. The van der Waals surface area contributed by atoms with Crippen molar-refractivity contribution < 1.29 is 14.0 Å². The van der Waals surface area contributed by atoms with Crippen molar-refractivity contribution in [3.8, 4) is 0 Å². The van der Waals surface area contributed by atoms with Gasteiger partial charge in [-0.3, -0.25) is 9.59 Å². The Morgan fingerprint density at radius 3 is 2.64 bits per heavy atom. The monoisotopic (exact) mass is 344 g/mol. The third-order valence-electron chi connectivity index (χ3n) is 4.31. The standard InChI is InChI=1S/C20H28N2O3/c1-5-17-16(15-8-6-7-9-18(15)25-17)13-22(4)20(24)12-21-19(23)11-10-14(2)3/h6-9,14H,5,10-13H2,1-4H3,(H,21,23). The van der Waals surface area contributed by atoms with Crippen molar-refractivity contribution in [2.75, 3.05) is 13.6 Å². The molecular formula is C20H28N2O3. The largest absolute Gasteiger partial charge is 0.461 e. The molecule has 1 heterocycles. The van der Waals surface area contributed by atoms with Gasteiger partial charge in [0.15, 0.2) is 0 Å². The molecule has 2 rings (SSSR count). The number of amides is 2. The summed E-state index contributed by atoms with van der Waals surface area (Å²) >= 11 is 0. The van der Waals surface area contributed by atoms with Crippen LogP contribution in [0.5, 0.6) is 0 Å². The Balaban J connectivity index is 1.96. The number of aryl methyl sites for hydroxylation is 1. The average molecular weight is 344 g/mol. The molecule has 0 radical (unpaired) electrons. The SMILES string of the molecule is CCc1oc2ccccc2c1CN(C)C(=O)CNC(=O)CCC(C)C. The van der Waals surface area contributed by atoms with Gasteiger partial charge in [0.1, 0.15) is 11.3 Å². The first kappa shape index (κ1) is 19.0. The molecule has 5 heteroatoms. The van der Waals surface area contributed by atoms with Crippen molar-refractivity contribution in [2.24, 2.45) is 5.92 Å². The van der Waals surface area contributed by atoms with E-state index in [0.717, 1.165) is 35.1 Å². The van der Waals surface area contributed by atoms with Gasteiger partial charge in [-0.15, -0.1) is 0 Å². The van der Waals surface area contributed by atoms with Crippen molar-refractivity contribution in [1.82, 2.24) is 10.2 Å². The number of hydrogen-bond donors (Lipinski definition) is 1. The van der Waals surface area contributed by atoms with Crippen molar-refractivity contribution in [3.05, 3.63) is 35.6 Å². The molecule has 0 bridgehead atoms. The zero-order valence-electron chi connectivity index (χ0n) is 15.6. The number of rotatable bonds is 8. The summed E-state index contributed by atoms with van der Waals surface area (Å²) in [6, 6.07) is 7.86. The molecular weight excluding hydrogens is 316 g/mol. The number of hydrogen-bond acceptors (Lipinski definition) is 3. The Morgan fingerprint density at radius 2 is 1.96 bits per heavy atom. The fourth-order valence-corrected chi connectivity index (χ4v) is 2.75. The first-order valence-electron chi connectivity index (χ1n) is 8.92. The average Bonchev–Trinajstić information content (AvgIpc) is 2.95. The van der Waals surface area contributed by atoms with Crippen LogP contribution in [-0.2, 0) is 22.6 Å². The predicted octanol–water partition coefficient (Wildman–Crippen LogP) is 3.51. The van der Waals surface area contributed by atoms with Gasteiger partial charge in [-0.05, 0) is 18.4 Å². The minimum atomic E-state index is -0.106. The number of benzene rings is 1. The van der Waals surface area contributed by atoms with Crippen LogP contribution in [0, 0.1) is 5.92 Å². The van der Waals surface area contributed by atoms with E-state index in [-0.39, 0.29) is 18.4 Å². The van der Waals surface area contributed by atoms with Gasteiger partial charge in [0, 0.05) is 37.4 Å². The second-order valence-corrected chi connectivity index (χ2v) is 6.81. The summed E-state index contributed by atoms with van der Waals surface area (Å²) in [5, 5.41) is 3.75. The van der Waals surface area contributed by atoms with Gasteiger partial charge in [0.25, 0.3) is 0 Å². The van der Waals surface area contributed by atoms with E-state index in [0.29, 0.717) is 18.9 Å². The summed E-state index contributed by atoms with van der Waals surface area (Å²) in [6.45, 7) is 6.70. The van der Waals surface area contributed by atoms with Crippen LogP contribution in [0.2, 0.25) is 0 Å². The van der Waals surface area contributed by atoms with E-state index in [1.165, 1.54) is 0 Å². The molecule has 0 aliphatic heterocycles. The number of nitrogens with zero attached hydrogens (tertiary/aromatic N) is 1. The molecule has 2 aromatic rings. The molecule has 5 nitrogen and oxygen atoms in total. The summed E-state index contributed by atoms with van der Waals surface area (Å²) in [7, 11) is 1.75. The zero-order valence-corrected chi connectivity index (χ0v) is 15.6. The lowest BCUT2D eigenvalue weighted by molar-refractivity contribution is -0.132. The van der Waals surface area contributed by atoms with E-state index < -0.39 is 0 Å². The van der Waals surface area contributed by atoms with Gasteiger partial charge in [-0.2, -0.15) is 0 Å². The Hall–Kier alpha value is -2.30. The molecule has 1 N–H and O–H groups in total. The highest BCUT2D eigenvalue weighted by atomic mass is 16.3. The van der Waals surface area contributed by atoms with Crippen LogP contribution in [0.25, 0.3) is 11.0 Å². The number of para-hydroxylation sites is 1. The van der Waals surface area contributed by atoms with Crippen molar-refractivity contribution >= 4 is 22.8 Å². The maximum Gasteiger partial charge on any atom is 0.242 e. The van der Waals surface area contributed by atoms with Crippen LogP contribution < -0.4 is 5.32 Å². The van der Waals surface area contributed by atoms with Gasteiger partial charge in [-0.1, -0.05) is 39.0 Å². The van der Waals surface area contributed by atoms with Crippen molar-refractivity contribution in [3.63, 3.8) is 0 Å². The highest BCUT2D eigenvalue weighted by molar-refractivity contribution is 5.86. The molecule has 0 spiro atoms. The third-order valence-corrected chi connectivity index (χ3v) is 4.31. The molecule has 0 atom stereocenters. The quantitative estimate of drug-likeness (QED) is 0.797. The summed E-state index contributed by atoms with van der Waals surface area (Å²) in [5.41, 5.74) is 1.89. The van der Waals surface area contributed by atoms with Crippen LogP contribution >= 0.6 is 0 Å². The minimum absolute atomic E-state index is 0.0324. The molecule has 0 fully saturated rings. The summed E-state index contributed by atoms with van der Waals surface area (Å²) in [5.74, 6) is 1.21. The van der Waals surface area contributed by atoms with E-state index in [1.807, 2.05) is 31.2 Å². The van der Waals surface area contributed by atoms with Crippen molar-refractivity contribution in [2.45, 2.75) is 46.6 Å². The van der Waals surface area contributed by atoms with Crippen LogP contribution in [0.3, 0.4) is 0 Å². The smallest absolute Gasteiger partial charge is 0.242 e. The Kier molecular flexibility index (Phi) is 6.62. The van der Waals surface area contributed by atoms with Gasteiger partial charge < -0.3 is 14.6 Å². The lowest BCUT2D eigenvalue weighted by Crippen LogP contribution is -2.37. The maximum atomic E-state index is 12.3. The van der Waals surface area contributed by atoms with Crippen LogP contribution in [-0.4, -0.2) is 30.3 Å². The maximum absolute atomic E-state index is 12.3. The van der Waals surface area contributed by atoms with Gasteiger partial charge in [0.05, 0.1) is 6.54 Å². The molecule has 0 saturated carbocycles. The highest BCUT2D eigenvalue weighted by Crippen LogP contribution is 2.27. The van der Waals surface area contributed by atoms with E-state index in [4.69, 9.17) is 4.42 Å². The lowest BCUT2D eigenvalue weighted by Gasteiger charge is -2.18. The predicted molar refractivity (Wildman–Crippen MR) is 99.1 cm³/mol. The van der Waals surface area contributed by atoms with Crippen LogP contribution in [0.1, 0.15) is 44.9 Å². The summed E-state index contributed by atoms with van der Waals surface area (Å²) in [6.07, 6.45) is 2.07. The first-order chi connectivity index (χ1) is 11.9. The second-order valence-electron chi connectivity index (χ2n) is 6.81. The molecule has 0 unspecified atom stereocenters. The minimum Gasteiger partial charge on any atom is -0.461 e. The van der Waals surface area contributed by atoms with Crippen LogP contribution in [0.4, 0.5) is 0 Å². The normalized spacial score (nSPS) is 11.1. The number of nitrogens with one attached hydrogen (secondary N) is 1. The van der Waals surface area contributed by atoms with E-state index >= 15 is 0 Å². The molecule has 1 aromatic heterocycles. The Labute approximate surface area is 149 Å². The highest BCUT2D eigenvalue weighted by Gasteiger charge is 2.17. The number of furan rings is 1. The number of carbonyl (C=O) groups is 2. The number of fused-ring (bicyclic) bond motifs is 1. The first-order valence-corrected chi connectivity index (χ1v) is 8.92.